The fraction of sp³-hybridized carbons (Fsp3) is 0.0588. The molecule has 0 unspecified atom stereocenters. The Kier molecular flexibility index (Phi) is 4.32. The Morgan fingerprint density at radius 3 is 2.87 bits per heavy atom. The second-order valence-electron chi connectivity index (χ2n) is 5.00. The van der Waals surface area contributed by atoms with Crippen LogP contribution in [-0.4, -0.2) is 17.2 Å². The molecule has 1 aromatic heterocycles. The number of nitrogens with zero attached hydrogens (tertiary/aromatic N) is 1. The number of carbonyl (C=O) groups excluding carboxylic acids is 1. The van der Waals surface area contributed by atoms with Crippen molar-refractivity contribution in [3.8, 4) is 5.75 Å². The van der Waals surface area contributed by atoms with Crippen LogP contribution in [0.15, 0.2) is 47.6 Å². The number of para-hydroxylation sites is 1. The molecule has 0 aliphatic heterocycles. The molecular formula is C17H13ClN2O2S. The number of thiophene rings is 1. The van der Waals surface area contributed by atoms with Gasteiger partial charge >= 0.3 is 0 Å². The van der Waals surface area contributed by atoms with Crippen molar-refractivity contribution in [2.45, 2.75) is 6.92 Å². The SMILES string of the molecule is Cc1ccc2c(Cl)c(C(=O)N/N=C\c3ccccc3O)sc2c1. The summed E-state index contributed by atoms with van der Waals surface area (Å²) in [5.41, 5.74) is 4.07. The van der Waals surface area contributed by atoms with E-state index in [-0.39, 0.29) is 11.7 Å². The van der Waals surface area contributed by atoms with Gasteiger partial charge in [-0.2, -0.15) is 5.10 Å². The molecule has 2 N–H and O–H groups in total. The molecule has 0 atom stereocenters. The first-order valence-electron chi connectivity index (χ1n) is 6.86. The van der Waals surface area contributed by atoms with Gasteiger partial charge in [-0.3, -0.25) is 4.79 Å². The zero-order valence-electron chi connectivity index (χ0n) is 12.2. The van der Waals surface area contributed by atoms with Crippen molar-refractivity contribution in [1.82, 2.24) is 5.43 Å². The van der Waals surface area contributed by atoms with Crippen LogP contribution in [0.3, 0.4) is 0 Å². The summed E-state index contributed by atoms with van der Waals surface area (Å²) in [6, 6.07) is 12.6. The van der Waals surface area contributed by atoms with E-state index in [1.54, 1.807) is 24.3 Å². The van der Waals surface area contributed by atoms with Gasteiger partial charge in [0.15, 0.2) is 0 Å². The summed E-state index contributed by atoms with van der Waals surface area (Å²) in [5, 5.41) is 14.8. The van der Waals surface area contributed by atoms with Crippen LogP contribution in [0.25, 0.3) is 10.1 Å². The van der Waals surface area contributed by atoms with Gasteiger partial charge in [0.05, 0.1) is 11.2 Å². The van der Waals surface area contributed by atoms with Crippen LogP contribution in [0.4, 0.5) is 0 Å². The highest BCUT2D eigenvalue weighted by Gasteiger charge is 2.16. The van der Waals surface area contributed by atoms with Crippen molar-refractivity contribution < 1.29 is 9.90 Å². The number of hydrogen-bond acceptors (Lipinski definition) is 4. The Bertz CT molecular complexity index is 918. The highest BCUT2D eigenvalue weighted by Crippen LogP contribution is 2.35. The molecule has 0 aliphatic carbocycles. The fourth-order valence-corrected chi connectivity index (χ4v) is 3.63. The average Bonchev–Trinajstić information content (AvgIpc) is 2.85. The van der Waals surface area contributed by atoms with Crippen molar-refractivity contribution in [1.29, 1.82) is 0 Å². The summed E-state index contributed by atoms with van der Waals surface area (Å²) in [5.74, 6) is -0.276. The molecule has 1 heterocycles. The van der Waals surface area contributed by atoms with Crippen LogP contribution < -0.4 is 5.43 Å². The number of benzene rings is 2. The van der Waals surface area contributed by atoms with E-state index in [0.717, 1.165) is 15.6 Å². The number of carbonyl (C=O) groups is 1. The van der Waals surface area contributed by atoms with Crippen molar-refractivity contribution in [3.63, 3.8) is 0 Å². The van der Waals surface area contributed by atoms with E-state index in [0.29, 0.717) is 15.5 Å². The molecule has 0 saturated carbocycles. The van der Waals surface area contributed by atoms with E-state index in [9.17, 15) is 9.90 Å². The van der Waals surface area contributed by atoms with E-state index in [1.165, 1.54) is 17.6 Å². The molecule has 0 radical (unpaired) electrons. The number of hydrogen-bond donors (Lipinski definition) is 2. The maximum atomic E-state index is 12.2. The molecule has 0 spiro atoms. The Balaban J connectivity index is 1.81. The maximum absolute atomic E-state index is 12.2. The second kappa shape index (κ2) is 6.40. The van der Waals surface area contributed by atoms with Crippen molar-refractivity contribution in [2.24, 2.45) is 5.10 Å². The monoisotopic (exact) mass is 344 g/mol. The lowest BCUT2D eigenvalue weighted by atomic mass is 10.2. The van der Waals surface area contributed by atoms with E-state index >= 15 is 0 Å². The van der Waals surface area contributed by atoms with E-state index in [1.807, 2.05) is 25.1 Å². The third-order valence-corrected chi connectivity index (χ3v) is 4.95. The Morgan fingerprint density at radius 1 is 1.30 bits per heavy atom. The molecule has 3 rings (SSSR count). The number of fused-ring (bicyclic) bond motifs is 1. The number of rotatable bonds is 3. The first-order valence-corrected chi connectivity index (χ1v) is 8.06. The van der Waals surface area contributed by atoms with Crippen LogP contribution in [0.5, 0.6) is 5.75 Å². The lowest BCUT2D eigenvalue weighted by molar-refractivity contribution is 0.0959. The van der Waals surface area contributed by atoms with Gasteiger partial charge in [0.2, 0.25) is 0 Å². The van der Waals surface area contributed by atoms with Gasteiger partial charge in [0.1, 0.15) is 10.6 Å². The summed E-state index contributed by atoms with van der Waals surface area (Å²) in [6.07, 6.45) is 1.39. The van der Waals surface area contributed by atoms with E-state index < -0.39 is 0 Å². The Labute approximate surface area is 142 Å². The Morgan fingerprint density at radius 2 is 2.09 bits per heavy atom. The number of nitrogens with one attached hydrogen (secondary N) is 1. The van der Waals surface area contributed by atoms with Crippen molar-refractivity contribution >= 4 is 45.1 Å². The largest absolute Gasteiger partial charge is 0.507 e. The third kappa shape index (κ3) is 3.21. The van der Waals surface area contributed by atoms with E-state index in [4.69, 9.17) is 11.6 Å². The highest BCUT2D eigenvalue weighted by atomic mass is 35.5. The lowest BCUT2D eigenvalue weighted by Gasteiger charge is -1.99. The smallest absolute Gasteiger partial charge is 0.283 e. The topological polar surface area (TPSA) is 61.7 Å². The predicted molar refractivity (Wildman–Crippen MR) is 94.7 cm³/mol. The minimum absolute atomic E-state index is 0.0980. The minimum Gasteiger partial charge on any atom is -0.507 e. The zero-order chi connectivity index (χ0) is 16.4. The summed E-state index contributed by atoms with van der Waals surface area (Å²) >= 11 is 7.61. The van der Waals surface area contributed by atoms with Gasteiger partial charge in [0.25, 0.3) is 5.91 Å². The minimum atomic E-state index is -0.375. The molecule has 0 saturated heterocycles. The number of halogens is 1. The van der Waals surface area contributed by atoms with Gasteiger partial charge in [-0.05, 0) is 30.7 Å². The Hall–Kier alpha value is -2.37. The second-order valence-corrected chi connectivity index (χ2v) is 6.43. The highest BCUT2D eigenvalue weighted by molar-refractivity contribution is 7.21. The molecule has 3 aromatic rings. The molecule has 2 aromatic carbocycles. The molecular weight excluding hydrogens is 332 g/mol. The number of phenolic OH excluding ortho intramolecular Hbond substituents is 1. The molecule has 0 aliphatic rings. The van der Waals surface area contributed by atoms with Crippen LogP contribution in [0, 0.1) is 6.92 Å². The first-order chi connectivity index (χ1) is 11.1. The van der Waals surface area contributed by atoms with Gasteiger partial charge in [-0.1, -0.05) is 35.9 Å². The van der Waals surface area contributed by atoms with Crippen LogP contribution >= 0.6 is 22.9 Å². The van der Waals surface area contributed by atoms with Crippen molar-refractivity contribution in [2.75, 3.05) is 0 Å². The molecule has 0 bridgehead atoms. The summed E-state index contributed by atoms with van der Waals surface area (Å²) in [4.78, 5) is 12.7. The van der Waals surface area contributed by atoms with Gasteiger partial charge < -0.3 is 5.11 Å². The number of amides is 1. The van der Waals surface area contributed by atoms with Gasteiger partial charge in [0, 0.05) is 15.6 Å². The lowest BCUT2D eigenvalue weighted by Crippen LogP contribution is -2.16. The third-order valence-electron chi connectivity index (χ3n) is 3.30. The van der Waals surface area contributed by atoms with Crippen molar-refractivity contribution in [3.05, 3.63) is 63.5 Å². The summed E-state index contributed by atoms with van der Waals surface area (Å²) < 4.78 is 0.963. The standard InChI is InChI=1S/C17H13ClN2O2S/c1-10-6-7-12-14(8-10)23-16(15(12)18)17(22)20-19-9-11-4-2-3-5-13(11)21/h2-9,21H,1H3,(H,20,22)/b19-9-. The molecule has 23 heavy (non-hydrogen) atoms. The average molecular weight is 345 g/mol. The normalized spacial score (nSPS) is 11.2. The number of phenols is 1. The number of aryl methyl sites for hydroxylation is 1. The summed E-state index contributed by atoms with van der Waals surface area (Å²) in [6.45, 7) is 1.99. The van der Waals surface area contributed by atoms with Crippen LogP contribution in [-0.2, 0) is 0 Å². The predicted octanol–water partition coefficient (Wildman–Crippen LogP) is 4.33. The molecule has 6 heteroatoms. The van der Waals surface area contributed by atoms with Gasteiger partial charge in [-0.25, -0.2) is 5.43 Å². The summed E-state index contributed by atoms with van der Waals surface area (Å²) in [7, 11) is 0. The number of hydrazone groups is 1. The molecule has 1 amide bonds. The molecule has 0 fully saturated rings. The maximum Gasteiger partial charge on any atom is 0.283 e. The van der Waals surface area contributed by atoms with Crippen LogP contribution in [0.2, 0.25) is 5.02 Å². The zero-order valence-corrected chi connectivity index (χ0v) is 13.8. The van der Waals surface area contributed by atoms with Gasteiger partial charge in [-0.15, -0.1) is 11.3 Å². The first kappa shape index (κ1) is 15.5. The van der Waals surface area contributed by atoms with Crippen LogP contribution in [0.1, 0.15) is 20.8 Å². The number of aromatic hydroxyl groups is 1. The fourth-order valence-electron chi connectivity index (χ4n) is 2.13. The quantitative estimate of drug-likeness (QED) is 0.548. The van der Waals surface area contributed by atoms with E-state index in [2.05, 4.69) is 10.5 Å². The molecule has 4 nitrogen and oxygen atoms in total. The molecule has 116 valence electrons.